The summed E-state index contributed by atoms with van der Waals surface area (Å²) in [7, 11) is 1.53. The fraction of sp³-hybridized carbons (Fsp3) is 0.580. The largest absolute Gasteiger partial charge is 0 e. The SMILES string of the molecule is C.CC[C@@H]([C@H](CO[Si](C)(C)C(C)(C)C)N(CC(=O)OC(C)(C)C)Cc1ccccc1OCOCCOC)N(CC(=O)OC(C)(C)C)Cc1ccccc1OCOCCOC.O=C(O)CN(Cc1ccccc1O)C(CO)[C@@H](CO)N(CC(=O)O)Cc1ccccc1O.[CH3-].[Fe+2].[I][V][I].[V]. The Kier molecular flexibility index (Phi) is 52.5. The number of benzene rings is 4. The number of aliphatic carboxylic acids is 2. The van der Waals surface area contributed by atoms with Gasteiger partial charge in [-0.25, -0.2) is 0 Å². The number of phenolic OH excluding ortho intramolecular Hbond substituents is 2. The van der Waals surface area contributed by atoms with Crippen LogP contribution in [0.5, 0.6) is 23.0 Å². The third-order valence-corrected chi connectivity index (χ3v) is 19.5. The van der Waals surface area contributed by atoms with Gasteiger partial charge in [0.1, 0.15) is 34.2 Å². The number of rotatable bonds is 40. The zero-order valence-corrected chi connectivity index (χ0v) is 68.3. The van der Waals surface area contributed by atoms with Crippen molar-refractivity contribution in [3.63, 3.8) is 0 Å². The Morgan fingerprint density at radius 2 is 0.847 bits per heavy atom. The number of halogens is 2. The van der Waals surface area contributed by atoms with Gasteiger partial charge in [-0.15, -0.1) is 0 Å². The fourth-order valence-corrected chi connectivity index (χ4v) is 10.6. The number of nitrogens with zero attached hydrogens (tertiary/aromatic N) is 4. The first-order valence-corrected chi connectivity index (χ1v) is 42.9. The van der Waals surface area contributed by atoms with Crippen LogP contribution in [0.3, 0.4) is 0 Å². The van der Waals surface area contributed by atoms with Crippen molar-refractivity contribution in [2.45, 2.75) is 163 Å². The van der Waals surface area contributed by atoms with E-state index in [1.807, 2.05) is 90.1 Å². The molecule has 98 heavy (non-hydrogen) atoms. The number of aliphatic hydroxyl groups is 2. The van der Waals surface area contributed by atoms with Gasteiger partial charge in [-0.1, -0.05) is 108 Å². The molecule has 0 amide bonds. The van der Waals surface area contributed by atoms with Crippen LogP contribution < -0.4 is 9.47 Å². The first-order valence-electron chi connectivity index (χ1n) is 31.0. The molecule has 0 saturated carbocycles. The van der Waals surface area contributed by atoms with Crippen molar-refractivity contribution >= 4 is 72.2 Å². The number of phenols is 2. The van der Waals surface area contributed by atoms with Crippen molar-refractivity contribution in [3.05, 3.63) is 127 Å². The van der Waals surface area contributed by atoms with Crippen LogP contribution in [0.15, 0.2) is 97.1 Å². The summed E-state index contributed by atoms with van der Waals surface area (Å²) < 4.78 is 52.7. The minimum absolute atomic E-state index is 0. The molecule has 556 valence electrons. The third kappa shape index (κ3) is 39.0. The van der Waals surface area contributed by atoms with Gasteiger partial charge < -0.3 is 80.4 Å². The van der Waals surface area contributed by atoms with Crippen LogP contribution in [-0.2, 0) is 123 Å². The van der Waals surface area contributed by atoms with Crippen molar-refractivity contribution in [1.82, 2.24) is 19.6 Å². The average Bonchev–Trinajstić information content (AvgIpc) is 0.816. The van der Waals surface area contributed by atoms with Crippen molar-refractivity contribution in [2.75, 3.05) is 100 Å². The summed E-state index contributed by atoms with van der Waals surface area (Å²) in [6.07, 6.45) is 0.605. The minimum Gasteiger partial charge on any atom is 0 e. The van der Waals surface area contributed by atoms with Gasteiger partial charge >= 0.3 is 90.4 Å². The number of para-hydroxylation sites is 4. The van der Waals surface area contributed by atoms with Crippen LogP contribution in [-0.4, -0.2) is 218 Å². The molecule has 6 N–H and O–H groups in total. The molecular formula is C69H111FeI2N4O19SiV2+. The number of esters is 2. The Labute approximate surface area is 636 Å². The molecule has 0 heterocycles. The standard InChI is InChI=1S/C45H76N2O11Si.C22H28N2O8.CH4.CH3.Fe.2HI.2V/c1-15-37(46(30-41(48)57-43(2,3)4)28-35-20-16-18-22-39(35)54-33-52-26-24-50-11)38(32-56-59(13,14)45(8,9)10)47(31-42(49)58-44(5,6)7)29-36-21-17-19-23-40(36)55-34-53-27-25-51-12;25-13-17(23(11-21(29)30)9-15-5-1-3-7-19(15)27)18(14-26)24(12-22(31)32)10-16-6-2-4-8-20(16)28;;;;;;;/h16-23,37-38H,15,24-34H2,1-14H3;1-8,17-18,25-28H,9-14H2,(H,29,30)(H,31,32);1H4;1H3;;2*1H;;/q;;;-1;+2;;;;+2/p-2/t37-,38-;17-,18?;;;;;;;/m01......./s1. The molecule has 1 radical (unpaired) electrons. The Balaban J connectivity index is -0.00000196. The second kappa shape index (κ2) is 51.9. The molecule has 1 unspecified atom stereocenters. The number of carbonyl (C=O) groups excluding carboxylic acids is 2. The summed E-state index contributed by atoms with van der Waals surface area (Å²) in [4.78, 5) is 57.7. The molecule has 0 fully saturated rings. The maximum absolute atomic E-state index is 13.9. The van der Waals surface area contributed by atoms with Crippen LogP contribution in [0, 0.1) is 7.43 Å². The van der Waals surface area contributed by atoms with E-state index >= 15 is 0 Å². The molecule has 4 aromatic rings. The van der Waals surface area contributed by atoms with Crippen LogP contribution >= 0.6 is 40.0 Å². The minimum atomic E-state index is -2.34. The summed E-state index contributed by atoms with van der Waals surface area (Å²) in [6.45, 7) is 24.6. The number of aromatic hydroxyl groups is 2. The monoisotopic (exact) mass is 1740 g/mol. The van der Waals surface area contributed by atoms with Gasteiger partial charge in [0.05, 0.1) is 84.5 Å². The summed E-state index contributed by atoms with van der Waals surface area (Å²) >= 11 is 4.74. The van der Waals surface area contributed by atoms with Crippen LogP contribution in [0.2, 0.25) is 18.1 Å². The van der Waals surface area contributed by atoms with Gasteiger partial charge in [-0.05, 0) is 90.4 Å². The second-order valence-electron chi connectivity index (χ2n) is 25.6. The number of hydrogen-bond acceptors (Lipinski definition) is 21. The molecule has 4 atom stereocenters. The maximum Gasteiger partial charge on any atom is 0 e. The zero-order valence-electron chi connectivity index (χ0n) is 59.1. The molecule has 23 nitrogen and oxygen atoms in total. The van der Waals surface area contributed by atoms with Crippen molar-refractivity contribution in [3.8, 4) is 23.0 Å². The number of carboxylic acid groups (broad SMARTS) is 2. The number of carbonyl (C=O) groups is 4. The van der Waals surface area contributed by atoms with Gasteiger partial charge in [0.2, 0.25) is 0 Å². The number of ether oxygens (including phenoxy) is 8. The van der Waals surface area contributed by atoms with E-state index in [0.717, 1.165) is 11.1 Å². The van der Waals surface area contributed by atoms with Crippen LogP contribution in [0.1, 0.15) is 105 Å². The predicted octanol–water partition coefficient (Wildman–Crippen LogP) is 11.0. The number of hydrogen-bond donors (Lipinski definition) is 6. The summed E-state index contributed by atoms with van der Waals surface area (Å²) in [5.74, 6) is -1.99. The molecule has 29 heteroatoms. The fourth-order valence-electron chi connectivity index (χ4n) is 9.62. The van der Waals surface area contributed by atoms with Gasteiger partial charge in [0, 0.05) is 93.3 Å². The van der Waals surface area contributed by atoms with Gasteiger partial charge in [-0.3, -0.25) is 38.8 Å². The van der Waals surface area contributed by atoms with E-state index in [1.165, 1.54) is 21.9 Å². The predicted molar refractivity (Wildman–Crippen MR) is 388 cm³/mol. The normalized spacial score (nSPS) is 12.7. The second-order valence-corrected chi connectivity index (χ2v) is 42.2. The Hall–Kier alpha value is -3.11. The van der Waals surface area contributed by atoms with E-state index in [9.17, 15) is 49.8 Å². The van der Waals surface area contributed by atoms with Crippen molar-refractivity contribution < 1.29 is 137 Å². The first-order chi connectivity index (χ1) is 44.3. The number of carboxylic acids is 2. The summed E-state index contributed by atoms with van der Waals surface area (Å²) in [5.41, 5.74) is 1.13. The number of methoxy groups -OCH3 is 2. The maximum atomic E-state index is 13.9. The molecule has 0 aliphatic rings. The molecule has 0 aliphatic heterocycles. The Bertz CT molecular complexity index is 2770. The Morgan fingerprint density at radius 3 is 1.15 bits per heavy atom. The topological polar surface area (TPSA) is 286 Å². The van der Waals surface area contributed by atoms with Crippen LogP contribution in [0.4, 0.5) is 0 Å². The van der Waals surface area contributed by atoms with E-state index in [-0.39, 0.29) is 131 Å². The molecule has 4 rings (SSSR count). The summed E-state index contributed by atoms with van der Waals surface area (Å²) in [6, 6.07) is 25.4. The van der Waals surface area contributed by atoms with Crippen LogP contribution in [0.25, 0.3) is 0 Å². The van der Waals surface area contributed by atoms with E-state index in [4.69, 9.17) is 42.3 Å². The molecule has 0 spiro atoms. The number of aliphatic hydroxyl groups excluding tert-OH is 2. The first kappa shape index (κ1) is 99.1. The van der Waals surface area contributed by atoms with Gasteiger partial charge in [-0.2, -0.15) is 0 Å². The molecule has 0 aromatic heterocycles. The average molecular weight is 1740 g/mol. The molecule has 4 aromatic carbocycles. The molecule has 0 aliphatic carbocycles. The quantitative estimate of drug-likeness (QED) is 0.00602. The smallest absolute Gasteiger partial charge is 0 e. The van der Waals surface area contributed by atoms with Gasteiger partial charge in [0.25, 0.3) is 0 Å². The van der Waals surface area contributed by atoms with E-state index < -0.39 is 75.9 Å². The zero-order chi connectivity index (χ0) is 70.7. The Morgan fingerprint density at radius 1 is 0.531 bits per heavy atom. The molecule has 0 bridgehead atoms. The van der Waals surface area contributed by atoms with E-state index in [2.05, 4.69) is 90.5 Å². The molecular weight excluding hydrogens is 1630 g/mol. The third-order valence-electron chi connectivity index (χ3n) is 15.0. The summed E-state index contributed by atoms with van der Waals surface area (Å²) in [5, 5.41) is 59.2. The van der Waals surface area contributed by atoms with E-state index in [1.54, 1.807) is 50.6 Å². The van der Waals surface area contributed by atoms with E-state index in [0.29, 0.717) is 78.0 Å². The van der Waals surface area contributed by atoms with Gasteiger partial charge in [0.15, 0.2) is 21.9 Å². The van der Waals surface area contributed by atoms with Crippen molar-refractivity contribution in [2.24, 2.45) is 0 Å². The molecule has 0 saturated heterocycles. The van der Waals surface area contributed by atoms with Crippen molar-refractivity contribution in [1.29, 1.82) is 0 Å².